The average Bonchev–Trinajstić information content (AvgIpc) is 3.19. The molecule has 0 aliphatic heterocycles. The quantitative estimate of drug-likeness (QED) is 0.0246. The van der Waals surface area contributed by atoms with Gasteiger partial charge >= 0.3 is 7.82 Å². The van der Waals surface area contributed by atoms with Crippen molar-refractivity contribution >= 4 is 13.7 Å². The fourth-order valence-electron chi connectivity index (χ4n) is 5.90. The Labute approximate surface area is 362 Å². The van der Waals surface area contributed by atoms with Crippen molar-refractivity contribution in [2.75, 3.05) is 40.9 Å². The van der Waals surface area contributed by atoms with Gasteiger partial charge < -0.3 is 19.8 Å². The van der Waals surface area contributed by atoms with Gasteiger partial charge in [0, 0.05) is 6.42 Å². The van der Waals surface area contributed by atoms with Gasteiger partial charge in [-0.25, -0.2) is 4.57 Å². The third-order valence-corrected chi connectivity index (χ3v) is 10.5. The van der Waals surface area contributed by atoms with Gasteiger partial charge in [-0.3, -0.25) is 13.8 Å². The monoisotopic (exact) mass is 844 g/mol. The van der Waals surface area contributed by atoms with Crippen molar-refractivity contribution in [3.63, 3.8) is 0 Å². The second kappa shape index (κ2) is 40.8. The highest BCUT2D eigenvalue weighted by atomic mass is 31.2. The van der Waals surface area contributed by atoms with E-state index in [1.54, 1.807) is 6.08 Å². The number of hydrogen-bond donors (Lipinski definition) is 3. The Morgan fingerprint density at radius 1 is 0.593 bits per heavy atom. The summed E-state index contributed by atoms with van der Waals surface area (Å²) in [5.41, 5.74) is 0. The molecule has 0 radical (unpaired) electrons. The highest BCUT2D eigenvalue weighted by Crippen LogP contribution is 2.43. The van der Waals surface area contributed by atoms with Gasteiger partial charge in [0.25, 0.3) is 0 Å². The van der Waals surface area contributed by atoms with Crippen molar-refractivity contribution in [3.05, 3.63) is 97.2 Å². The van der Waals surface area contributed by atoms with Crippen LogP contribution in [0.4, 0.5) is 0 Å². The number of phosphoric ester groups is 1. The number of nitrogens with zero attached hydrogens (tertiary/aromatic N) is 1. The van der Waals surface area contributed by atoms with E-state index in [9.17, 15) is 19.4 Å². The number of carbonyl (C=O) groups excluding carboxylic acids is 1. The lowest BCUT2D eigenvalue weighted by atomic mass is 10.1. The third kappa shape index (κ3) is 43.3. The van der Waals surface area contributed by atoms with Crippen molar-refractivity contribution in [3.8, 4) is 0 Å². The third-order valence-electron chi connectivity index (χ3n) is 9.56. The molecule has 3 N–H and O–H groups in total. The topological polar surface area (TPSA) is 105 Å². The van der Waals surface area contributed by atoms with Crippen LogP contribution in [0.5, 0.6) is 0 Å². The number of quaternary nitrogens is 1. The molecule has 0 saturated heterocycles. The molecule has 0 spiro atoms. The Morgan fingerprint density at radius 3 is 1.49 bits per heavy atom. The number of aliphatic hydroxyl groups excluding tert-OH is 1. The summed E-state index contributed by atoms with van der Waals surface area (Å²) < 4.78 is 23.4. The lowest BCUT2D eigenvalue weighted by Crippen LogP contribution is -2.45. The van der Waals surface area contributed by atoms with Crippen LogP contribution in [0.3, 0.4) is 0 Å². The molecule has 0 heterocycles. The van der Waals surface area contributed by atoms with Gasteiger partial charge in [-0.2, -0.15) is 0 Å². The Balaban J connectivity index is 4.07. The summed E-state index contributed by atoms with van der Waals surface area (Å²) in [6.45, 7) is 4.58. The van der Waals surface area contributed by atoms with E-state index in [0.29, 0.717) is 17.4 Å². The Morgan fingerprint density at radius 2 is 1.02 bits per heavy atom. The molecule has 3 unspecified atom stereocenters. The zero-order valence-electron chi connectivity index (χ0n) is 38.2. The molecule has 0 aromatic carbocycles. The molecule has 8 nitrogen and oxygen atoms in total. The average molecular weight is 844 g/mol. The standard InChI is InChI=1S/C50H87N2O6P/c1-6-8-10-12-14-15-16-17-18-19-20-21-22-23-24-25-26-27-28-29-30-31-32-33-34-35-36-37-38-40-42-44-50(54)51-48(49(53)43-41-39-13-11-9-7-2)47-58-59(55,56)57-46-45-52(3,4)5/h8,10,14-15,17-18,20-21,23-24,26-27,29-30,41,43,48-49,53H,6-7,9,11-13,16,19,22,25,28,31-40,42,44-47H2,1-5H3,(H-,51,54,55,56)/p+1/b10-8-,15-14-,18-17-,21-20-,24-23-,27-26-,30-29-,43-41+. The number of allylic oxidation sites excluding steroid dienone is 15. The van der Waals surface area contributed by atoms with E-state index in [0.717, 1.165) is 96.3 Å². The number of hydrogen-bond acceptors (Lipinski definition) is 5. The van der Waals surface area contributed by atoms with Crippen molar-refractivity contribution in [1.29, 1.82) is 0 Å². The summed E-state index contributed by atoms with van der Waals surface area (Å²) >= 11 is 0. The van der Waals surface area contributed by atoms with E-state index >= 15 is 0 Å². The number of phosphoric acid groups is 1. The predicted molar refractivity (Wildman–Crippen MR) is 253 cm³/mol. The minimum absolute atomic E-state index is 0.0545. The van der Waals surface area contributed by atoms with Crippen molar-refractivity contribution in [1.82, 2.24) is 5.32 Å². The summed E-state index contributed by atoms with van der Waals surface area (Å²) in [5.74, 6) is -0.195. The molecular weight excluding hydrogens is 756 g/mol. The first-order chi connectivity index (χ1) is 28.5. The van der Waals surface area contributed by atoms with E-state index in [1.165, 1.54) is 44.9 Å². The molecule has 3 atom stereocenters. The number of likely N-dealkylation sites (N-methyl/N-ethyl adjacent to an activating group) is 1. The zero-order chi connectivity index (χ0) is 43.6. The van der Waals surface area contributed by atoms with Crippen molar-refractivity contribution in [2.45, 2.75) is 174 Å². The van der Waals surface area contributed by atoms with Crippen LogP contribution in [-0.2, 0) is 18.4 Å². The maximum absolute atomic E-state index is 12.8. The first-order valence-corrected chi connectivity index (χ1v) is 24.6. The predicted octanol–water partition coefficient (Wildman–Crippen LogP) is 13.1. The molecule has 59 heavy (non-hydrogen) atoms. The number of rotatable bonds is 40. The van der Waals surface area contributed by atoms with Crippen LogP contribution in [0, 0.1) is 0 Å². The molecule has 338 valence electrons. The summed E-state index contributed by atoms with van der Waals surface area (Å²) in [6, 6.07) is -0.852. The Kier molecular flexibility index (Phi) is 39.0. The SMILES string of the molecule is CC/C=C\C/C=C\C/C=C\C/C=C\C/C=C\C/C=C\C/C=C\CCCCCCCCCCCC(=O)NC(COP(=O)(O)OCC[N+](C)(C)C)C(O)/C=C/CCCCCC. The normalized spacial score (nSPS) is 15.2. The van der Waals surface area contributed by atoms with E-state index in [1.807, 2.05) is 27.2 Å². The molecule has 0 aromatic rings. The van der Waals surface area contributed by atoms with Gasteiger partial charge in [-0.1, -0.05) is 175 Å². The van der Waals surface area contributed by atoms with Crippen LogP contribution >= 0.6 is 7.82 Å². The molecule has 0 aliphatic rings. The van der Waals surface area contributed by atoms with Gasteiger partial charge in [0.05, 0.1) is 39.9 Å². The van der Waals surface area contributed by atoms with Gasteiger partial charge in [0.15, 0.2) is 0 Å². The first-order valence-electron chi connectivity index (χ1n) is 23.1. The number of amides is 1. The summed E-state index contributed by atoms with van der Waals surface area (Å²) in [7, 11) is 1.55. The fraction of sp³-hybridized carbons (Fsp3) is 0.660. The maximum atomic E-state index is 12.8. The smallest absolute Gasteiger partial charge is 0.387 e. The van der Waals surface area contributed by atoms with Gasteiger partial charge in [-0.15, -0.1) is 0 Å². The van der Waals surface area contributed by atoms with Crippen molar-refractivity contribution in [2.24, 2.45) is 0 Å². The van der Waals surface area contributed by atoms with Crippen LogP contribution in [0.2, 0.25) is 0 Å². The first kappa shape index (κ1) is 56.4. The lowest BCUT2D eigenvalue weighted by molar-refractivity contribution is -0.870. The zero-order valence-corrected chi connectivity index (χ0v) is 39.1. The maximum Gasteiger partial charge on any atom is 0.472 e. The van der Waals surface area contributed by atoms with E-state index in [-0.39, 0.29) is 19.1 Å². The van der Waals surface area contributed by atoms with Gasteiger partial charge in [-0.05, 0) is 77.0 Å². The number of unbranched alkanes of at least 4 members (excludes halogenated alkanes) is 13. The van der Waals surface area contributed by atoms with Crippen LogP contribution in [0.15, 0.2) is 97.2 Å². The van der Waals surface area contributed by atoms with E-state index in [2.05, 4.69) is 104 Å². The Bertz CT molecular complexity index is 1280. The molecule has 1 amide bonds. The summed E-state index contributed by atoms with van der Waals surface area (Å²) in [6.07, 6.45) is 58.0. The fourth-order valence-corrected chi connectivity index (χ4v) is 6.64. The van der Waals surface area contributed by atoms with Crippen LogP contribution in [0.1, 0.15) is 162 Å². The largest absolute Gasteiger partial charge is 0.472 e. The van der Waals surface area contributed by atoms with E-state index < -0.39 is 20.0 Å². The molecule has 0 rings (SSSR count). The Hall–Kier alpha value is -2.58. The molecule has 0 aromatic heterocycles. The summed E-state index contributed by atoms with van der Waals surface area (Å²) in [4.78, 5) is 23.0. The molecule has 0 fully saturated rings. The molecular formula is C50H88N2O6P+. The second-order valence-electron chi connectivity index (χ2n) is 16.4. The molecule has 9 heteroatoms. The van der Waals surface area contributed by atoms with Crippen molar-refractivity contribution < 1.29 is 32.9 Å². The number of aliphatic hydroxyl groups is 1. The van der Waals surface area contributed by atoms with Crippen LogP contribution in [0.25, 0.3) is 0 Å². The highest BCUT2D eigenvalue weighted by Gasteiger charge is 2.27. The minimum atomic E-state index is -4.33. The highest BCUT2D eigenvalue weighted by molar-refractivity contribution is 7.47. The summed E-state index contributed by atoms with van der Waals surface area (Å²) in [5, 5.41) is 13.7. The molecule has 0 aliphatic carbocycles. The van der Waals surface area contributed by atoms with Gasteiger partial charge in [0.2, 0.25) is 5.91 Å². The number of carbonyl (C=O) groups is 1. The number of nitrogens with one attached hydrogen (secondary N) is 1. The van der Waals surface area contributed by atoms with E-state index in [4.69, 9.17) is 9.05 Å². The second-order valence-corrected chi connectivity index (χ2v) is 17.9. The van der Waals surface area contributed by atoms with Crippen LogP contribution < -0.4 is 5.32 Å². The van der Waals surface area contributed by atoms with Gasteiger partial charge in [0.1, 0.15) is 13.2 Å². The molecule has 0 saturated carbocycles. The minimum Gasteiger partial charge on any atom is -0.387 e. The lowest BCUT2D eigenvalue weighted by Gasteiger charge is -2.25. The molecule has 0 bridgehead atoms. The van der Waals surface area contributed by atoms with Crippen LogP contribution in [-0.4, -0.2) is 73.4 Å².